The third-order valence-corrected chi connectivity index (χ3v) is 2.44. The molecule has 19 heavy (non-hydrogen) atoms. The summed E-state index contributed by atoms with van der Waals surface area (Å²) < 4.78 is 17.5. The molecule has 0 atom stereocenters. The van der Waals surface area contributed by atoms with Crippen LogP contribution in [0, 0.1) is 5.82 Å². The molecule has 98 valence electrons. The van der Waals surface area contributed by atoms with Crippen LogP contribution in [0.3, 0.4) is 0 Å². The molecule has 1 aromatic carbocycles. The van der Waals surface area contributed by atoms with Crippen LogP contribution in [0.4, 0.5) is 4.39 Å². The number of carbonyl (C=O) groups is 1. The lowest BCUT2D eigenvalue weighted by Crippen LogP contribution is -2.23. The summed E-state index contributed by atoms with van der Waals surface area (Å²) in [5.41, 5.74) is 1.15. The van der Waals surface area contributed by atoms with E-state index in [1.54, 1.807) is 12.1 Å². The van der Waals surface area contributed by atoms with Gasteiger partial charge in [0.05, 0.1) is 12.7 Å². The molecule has 0 aliphatic heterocycles. The number of ether oxygens (including phenoxy) is 1. The van der Waals surface area contributed by atoms with Gasteiger partial charge in [-0.1, -0.05) is 12.1 Å². The minimum atomic E-state index is -0.307. The topological polar surface area (TPSA) is 64.1 Å². The normalized spacial score (nSPS) is 10.0. The van der Waals surface area contributed by atoms with Crippen molar-refractivity contribution in [1.29, 1.82) is 0 Å². The Morgan fingerprint density at radius 2 is 1.89 bits per heavy atom. The Bertz CT molecular complexity index is 555. The van der Waals surface area contributed by atoms with Gasteiger partial charge in [-0.15, -0.1) is 0 Å². The Balaban J connectivity index is 1.95. The van der Waals surface area contributed by atoms with Crippen LogP contribution in [0.2, 0.25) is 0 Å². The molecule has 0 aliphatic rings. The molecule has 0 spiro atoms. The zero-order valence-corrected chi connectivity index (χ0v) is 10.3. The monoisotopic (exact) mass is 261 g/mol. The Labute approximate surface area is 109 Å². The molecule has 5 nitrogen and oxygen atoms in total. The lowest BCUT2D eigenvalue weighted by Gasteiger charge is -2.05. The standard InChI is InChI=1S/C13H12FN3O2/c1-19-13-16-7-10(8-17-13)12(18)15-6-9-2-4-11(14)5-3-9/h2-5,7-8H,6H2,1H3,(H,15,18). The Morgan fingerprint density at radius 1 is 1.26 bits per heavy atom. The zero-order valence-electron chi connectivity index (χ0n) is 10.3. The highest BCUT2D eigenvalue weighted by atomic mass is 19.1. The molecule has 0 unspecified atom stereocenters. The number of benzene rings is 1. The van der Waals surface area contributed by atoms with Crippen molar-refractivity contribution in [2.24, 2.45) is 0 Å². The number of carbonyl (C=O) groups excluding carboxylic acids is 1. The highest BCUT2D eigenvalue weighted by Crippen LogP contribution is 2.04. The first-order valence-corrected chi connectivity index (χ1v) is 5.57. The van der Waals surface area contributed by atoms with Crippen molar-refractivity contribution in [3.8, 4) is 6.01 Å². The highest BCUT2D eigenvalue weighted by molar-refractivity contribution is 5.93. The van der Waals surface area contributed by atoms with Gasteiger partial charge in [0.2, 0.25) is 0 Å². The number of hydrogen-bond acceptors (Lipinski definition) is 4. The van der Waals surface area contributed by atoms with Gasteiger partial charge in [0.15, 0.2) is 0 Å². The maximum absolute atomic E-state index is 12.7. The first-order chi connectivity index (χ1) is 9.19. The third-order valence-electron chi connectivity index (χ3n) is 2.44. The van der Waals surface area contributed by atoms with Gasteiger partial charge in [-0.3, -0.25) is 4.79 Å². The first kappa shape index (κ1) is 12.9. The molecule has 1 amide bonds. The van der Waals surface area contributed by atoms with Crippen molar-refractivity contribution in [2.75, 3.05) is 7.11 Å². The van der Waals surface area contributed by atoms with Gasteiger partial charge in [-0.05, 0) is 17.7 Å². The van der Waals surface area contributed by atoms with Gasteiger partial charge in [0.1, 0.15) is 5.82 Å². The molecule has 1 aromatic heterocycles. The molecule has 0 fully saturated rings. The molecular formula is C13H12FN3O2. The minimum absolute atomic E-state index is 0.204. The molecule has 2 aromatic rings. The van der Waals surface area contributed by atoms with E-state index in [-0.39, 0.29) is 17.7 Å². The fourth-order valence-electron chi connectivity index (χ4n) is 1.43. The third kappa shape index (κ3) is 3.48. The van der Waals surface area contributed by atoms with Crippen molar-refractivity contribution < 1.29 is 13.9 Å². The van der Waals surface area contributed by atoms with Crippen LogP contribution in [-0.2, 0) is 6.54 Å². The van der Waals surface area contributed by atoms with Crippen molar-refractivity contribution in [3.05, 3.63) is 53.6 Å². The minimum Gasteiger partial charge on any atom is -0.467 e. The second-order valence-electron chi connectivity index (χ2n) is 3.77. The van der Waals surface area contributed by atoms with Crippen LogP contribution in [-0.4, -0.2) is 23.0 Å². The second kappa shape index (κ2) is 5.90. The van der Waals surface area contributed by atoms with E-state index < -0.39 is 0 Å². The Kier molecular flexibility index (Phi) is 4.02. The number of nitrogens with one attached hydrogen (secondary N) is 1. The molecular weight excluding hydrogens is 249 g/mol. The summed E-state index contributed by atoms with van der Waals surface area (Å²) in [4.78, 5) is 19.5. The van der Waals surface area contributed by atoms with E-state index in [0.717, 1.165) is 5.56 Å². The maximum atomic E-state index is 12.7. The summed E-state index contributed by atoms with van der Waals surface area (Å²) in [6, 6.07) is 6.12. The molecule has 0 aliphatic carbocycles. The maximum Gasteiger partial charge on any atom is 0.316 e. The molecule has 6 heteroatoms. The number of hydrogen-bond donors (Lipinski definition) is 1. The Morgan fingerprint density at radius 3 is 2.47 bits per heavy atom. The van der Waals surface area contributed by atoms with Crippen molar-refractivity contribution in [3.63, 3.8) is 0 Å². The molecule has 0 radical (unpaired) electrons. The lowest BCUT2D eigenvalue weighted by molar-refractivity contribution is 0.0950. The zero-order chi connectivity index (χ0) is 13.7. The summed E-state index contributed by atoms with van der Waals surface area (Å²) in [6.45, 7) is 0.311. The number of methoxy groups -OCH3 is 1. The predicted octanol–water partition coefficient (Wildman–Crippen LogP) is 1.55. The number of rotatable bonds is 4. The molecule has 0 saturated heterocycles. The van der Waals surface area contributed by atoms with Gasteiger partial charge < -0.3 is 10.1 Å². The van der Waals surface area contributed by atoms with E-state index >= 15 is 0 Å². The largest absolute Gasteiger partial charge is 0.467 e. The Hall–Kier alpha value is -2.50. The fourth-order valence-corrected chi connectivity index (χ4v) is 1.43. The predicted molar refractivity (Wildman–Crippen MR) is 66.2 cm³/mol. The lowest BCUT2D eigenvalue weighted by atomic mass is 10.2. The molecule has 0 saturated carbocycles. The van der Waals surface area contributed by atoms with Crippen LogP contribution in [0.25, 0.3) is 0 Å². The summed E-state index contributed by atoms with van der Waals surface area (Å²) >= 11 is 0. The molecule has 0 bridgehead atoms. The van der Waals surface area contributed by atoms with Gasteiger partial charge in [-0.25, -0.2) is 14.4 Å². The van der Waals surface area contributed by atoms with E-state index in [0.29, 0.717) is 12.1 Å². The van der Waals surface area contributed by atoms with Crippen molar-refractivity contribution in [2.45, 2.75) is 6.54 Å². The number of nitrogens with zero attached hydrogens (tertiary/aromatic N) is 2. The van der Waals surface area contributed by atoms with Gasteiger partial charge in [-0.2, -0.15) is 0 Å². The van der Waals surface area contributed by atoms with Crippen molar-refractivity contribution >= 4 is 5.91 Å². The number of aromatic nitrogens is 2. The summed E-state index contributed by atoms with van der Waals surface area (Å²) in [6.07, 6.45) is 2.76. The van der Waals surface area contributed by atoms with Crippen LogP contribution < -0.4 is 10.1 Å². The highest BCUT2D eigenvalue weighted by Gasteiger charge is 2.07. The van der Waals surface area contributed by atoms with Gasteiger partial charge >= 0.3 is 6.01 Å². The van der Waals surface area contributed by atoms with Crippen LogP contribution >= 0.6 is 0 Å². The molecule has 1 heterocycles. The summed E-state index contributed by atoms with van der Waals surface area (Å²) in [7, 11) is 1.45. The van der Waals surface area contributed by atoms with E-state index in [4.69, 9.17) is 4.74 Å². The summed E-state index contributed by atoms with van der Waals surface area (Å²) in [5.74, 6) is -0.606. The average Bonchev–Trinajstić information content (AvgIpc) is 2.46. The fraction of sp³-hybridized carbons (Fsp3) is 0.154. The second-order valence-corrected chi connectivity index (χ2v) is 3.77. The van der Waals surface area contributed by atoms with Crippen LogP contribution in [0.1, 0.15) is 15.9 Å². The van der Waals surface area contributed by atoms with E-state index in [2.05, 4.69) is 15.3 Å². The number of halogens is 1. The number of amides is 1. The van der Waals surface area contributed by atoms with E-state index in [1.165, 1.54) is 31.6 Å². The van der Waals surface area contributed by atoms with Crippen LogP contribution in [0.15, 0.2) is 36.7 Å². The van der Waals surface area contributed by atoms with Gasteiger partial charge in [0, 0.05) is 18.9 Å². The van der Waals surface area contributed by atoms with Crippen LogP contribution in [0.5, 0.6) is 6.01 Å². The SMILES string of the molecule is COc1ncc(C(=O)NCc2ccc(F)cc2)cn1. The van der Waals surface area contributed by atoms with Crippen molar-refractivity contribution in [1.82, 2.24) is 15.3 Å². The van der Waals surface area contributed by atoms with E-state index in [1.807, 2.05) is 0 Å². The smallest absolute Gasteiger partial charge is 0.316 e. The average molecular weight is 261 g/mol. The quantitative estimate of drug-likeness (QED) is 0.907. The molecule has 2 rings (SSSR count). The first-order valence-electron chi connectivity index (χ1n) is 5.57. The van der Waals surface area contributed by atoms with Gasteiger partial charge in [0.25, 0.3) is 5.91 Å². The molecule has 1 N–H and O–H groups in total. The summed E-state index contributed by atoms with van der Waals surface area (Å²) in [5, 5.41) is 2.69. The van der Waals surface area contributed by atoms with E-state index in [9.17, 15) is 9.18 Å².